The molecule has 154 valence electrons. The molecule has 0 spiro atoms. The van der Waals surface area contributed by atoms with Gasteiger partial charge in [0.25, 0.3) is 0 Å². The van der Waals surface area contributed by atoms with Gasteiger partial charge in [0.15, 0.2) is 11.5 Å². The first-order chi connectivity index (χ1) is 13.4. The molecule has 1 aliphatic heterocycles. The third kappa shape index (κ3) is 5.11. The number of methoxy groups -OCH3 is 1. The lowest BCUT2D eigenvalue weighted by Crippen LogP contribution is -2.35. The molecule has 8 heteroatoms. The Balaban J connectivity index is 1.78. The summed E-state index contributed by atoms with van der Waals surface area (Å²) >= 11 is 0. The fourth-order valence-corrected chi connectivity index (χ4v) is 3.59. The molecule has 6 nitrogen and oxygen atoms in total. The lowest BCUT2D eigenvalue weighted by atomic mass is 9.95. The van der Waals surface area contributed by atoms with Crippen molar-refractivity contribution < 1.29 is 32.6 Å². The molecule has 28 heavy (non-hydrogen) atoms. The van der Waals surface area contributed by atoms with Crippen LogP contribution in [0.2, 0.25) is 0 Å². The highest BCUT2D eigenvalue weighted by Gasteiger charge is 2.36. The lowest BCUT2D eigenvalue weighted by Gasteiger charge is -2.22. The van der Waals surface area contributed by atoms with Gasteiger partial charge in [0.2, 0.25) is 5.91 Å². The number of carbonyl (C=O) groups excluding carboxylic acids is 2. The average Bonchev–Trinajstić information content (AvgIpc) is 3.38. The fourth-order valence-electron chi connectivity index (χ4n) is 3.59. The topological polar surface area (TPSA) is 65.1 Å². The number of alkyl halides is 2. The molecule has 0 bridgehead atoms. The summed E-state index contributed by atoms with van der Waals surface area (Å²) in [7, 11) is 1.32. The highest BCUT2D eigenvalue weighted by atomic mass is 19.3. The number of likely N-dealkylation sites (tertiary alicyclic amines) is 1. The summed E-state index contributed by atoms with van der Waals surface area (Å²) in [4.78, 5) is 25.3. The van der Waals surface area contributed by atoms with Gasteiger partial charge in [-0.25, -0.2) is 0 Å². The van der Waals surface area contributed by atoms with Crippen molar-refractivity contribution in [2.75, 3.05) is 20.3 Å². The Morgan fingerprint density at radius 3 is 2.61 bits per heavy atom. The van der Waals surface area contributed by atoms with Crippen molar-refractivity contribution in [3.8, 4) is 11.5 Å². The maximum absolute atomic E-state index is 12.7. The number of nitrogens with zero attached hydrogens (tertiary/aromatic N) is 1. The van der Waals surface area contributed by atoms with E-state index >= 15 is 0 Å². The highest BCUT2D eigenvalue weighted by Crippen LogP contribution is 2.39. The van der Waals surface area contributed by atoms with Crippen LogP contribution in [0.5, 0.6) is 11.5 Å². The predicted molar refractivity (Wildman–Crippen MR) is 96.5 cm³/mol. The average molecular weight is 397 g/mol. The van der Waals surface area contributed by atoms with Crippen LogP contribution in [0, 0.1) is 5.92 Å². The van der Waals surface area contributed by atoms with E-state index in [-0.39, 0.29) is 41.8 Å². The molecule has 3 rings (SSSR count). The number of esters is 1. The monoisotopic (exact) mass is 397 g/mol. The predicted octanol–water partition coefficient (Wildman–Crippen LogP) is 3.34. The first-order valence-electron chi connectivity index (χ1n) is 9.43. The Bertz CT molecular complexity index is 723. The molecule has 0 radical (unpaired) electrons. The lowest BCUT2D eigenvalue weighted by molar-refractivity contribution is -0.142. The van der Waals surface area contributed by atoms with Crippen LogP contribution in [0.3, 0.4) is 0 Å². The Labute approximate surface area is 162 Å². The van der Waals surface area contributed by atoms with Crippen molar-refractivity contribution >= 4 is 11.9 Å². The first kappa shape index (κ1) is 20.4. The zero-order chi connectivity index (χ0) is 20.3. The van der Waals surface area contributed by atoms with E-state index in [1.807, 2.05) is 0 Å². The van der Waals surface area contributed by atoms with Crippen LogP contribution >= 0.6 is 0 Å². The molecule has 1 heterocycles. The molecule has 1 aromatic carbocycles. The summed E-state index contributed by atoms with van der Waals surface area (Å²) in [6.07, 6.45) is 2.88. The van der Waals surface area contributed by atoms with Crippen LogP contribution in [0.1, 0.15) is 44.1 Å². The number of hydrogen-bond donors (Lipinski definition) is 0. The van der Waals surface area contributed by atoms with E-state index in [0.29, 0.717) is 25.5 Å². The molecule has 1 amide bonds. The van der Waals surface area contributed by atoms with Gasteiger partial charge >= 0.3 is 12.6 Å². The van der Waals surface area contributed by atoms with Crippen molar-refractivity contribution in [2.24, 2.45) is 5.92 Å². The van der Waals surface area contributed by atoms with Crippen LogP contribution in [0.4, 0.5) is 8.78 Å². The molecule has 0 N–H and O–H groups in total. The van der Waals surface area contributed by atoms with E-state index in [4.69, 9.17) is 9.47 Å². The summed E-state index contributed by atoms with van der Waals surface area (Å²) in [5.74, 6) is 0.252. The second kappa shape index (κ2) is 8.75. The summed E-state index contributed by atoms with van der Waals surface area (Å²) < 4.78 is 40.4. The van der Waals surface area contributed by atoms with E-state index in [0.717, 1.165) is 18.4 Å². The van der Waals surface area contributed by atoms with Crippen LogP contribution in [-0.2, 0) is 14.3 Å². The van der Waals surface area contributed by atoms with E-state index in [1.54, 1.807) is 17.0 Å². The zero-order valence-corrected chi connectivity index (χ0v) is 16.0. The van der Waals surface area contributed by atoms with Gasteiger partial charge in [-0.1, -0.05) is 6.07 Å². The van der Waals surface area contributed by atoms with Gasteiger partial charge in [0.1, 0.15) is 0 Å². The molecule has 2 aliphatic rings. The third-order valence-electron chi connectivity index (χ3n) is 5.28. The molecule has 1 unspecified atom stereocenters. The van der Waals surface area contributed by atoms with Crippen LogP contribution in [-0.4, -0.2) is 49.7 Å². The van der Waals surface area contributed by atoms with Gasteiger partial charge in [-0.05, 0) is 42.9 Å². The van der Waals surface area contributed by atoms with Crippen LogP contribution in [0.15, 0.2) is 18.2 Å². The quantitative estimate of drug-likeness (QED) is 0.630. The van der Waals surface area contributed by atoms with Crippen molar-refractivity contribution in [3.63, 3.8) is 0 Å². The number of benzene rings is 1. The van der Waals surface area contributed by atoms with Gasteiger partial charge < -0.3 is 19.1 Å². The van der Waals surface area contributed by atoms with Crippen molar-refractivity contribution in [2.45, 2.75) is 51.2 Å². The van der Waals surface area contributed by atoms with E-state index in [1.165, 1.54) is 20.1 Å². The van der Waals surface area contributed by atoms with Gasteiger partial charge in [-0.15, -0.1) is 0 Å². The number of rotatable bonds is 8. The van der Waals surface area contributed by atoms with E-state index in [9.17, 15) is 18.4 Å². The first-order valence-corrected chi connectivity index (χ1v) is 9.43. The Morgan fingerprint density at radius 2 is 2.00 bits per heavy atom. The molecule has 1 saturated carbocycles. The summed E-state index contributed by atoms with van der Waals surface area (Å²) in [6, 6.07) is 4.66. The second-order valence-electron chi connectivity index (χ2n) is 7.38. The van der Waals surface area contributed by atoms with E-state index < -0.39 is 6.61 Å². The minimum atomic E-state index is -2.93. The second-order valence-corrected chi connectivity index (χ2v) is 7.38. The number of amides is 1. The number of ether oxygens (including phenoxy) is 3. The van der Waals surface area contributed by atoms with Crippen LogP contribution < -0.4 is 9.47 Å². The van der Waals surface area contributed by atoms with Gasteiger partial charge in [0.05, 0.1) is 20.1 Å². The molecule has 0 aromatic heterocycles. The molecule has 1 saturated heterocycles. The fraction of sp³-hybridized carbons (Fsp3) is 0.600. The summed E-state index contributed by atoms with van der Waals surface area (Å²) in [6.45, 7) is -0.541. The van der Waals surface area contributed by atoms with Crippen molar-refractivity contribution in [3.05, 3.63) is 23.8 Å². The standard InChI is InChI=1S/C20H25F2NO5/c1-12(24)23-10-15(7-16(23)9-19(25)26-2)14-5-6-17(28-20(21)22)18(8-14)27-11-13-3-4-13/h5-6,8,13,15-16,20H,3-4,7,9-11H2,1-2H3/t15?,16-/m0/s1. The minimum absolute atomic E-state index is 0.00642. The third-order valence-corrected chi connectivity index (χ3v) is 5.28. The van der Waals surface area contributed by atoms with Crippen LogP contribution in [0.25, 0.3) is 0 Å². The number of hydrogen-bond acceptors (Lipinski definition) is 5. The zero-order valence-electron chi connectivity index (χ0n) is 16.0. The molecule has 2 fully saturated rings. The Kier molecular flexibility index (Phi) is 6.36. The molecular formula is C20H25F2NO5. The summed E-state index contributed by atoms with van der Waals surface area (Å²) in [5, 5.41) is 0. The van der Waals surface area contributed by atoms with Gasteiger partial charge in [-0.2, -0.15) is 8.78 Å². The number of carbonyl (C=O) groups is 2. The smallest absolute Gasteiger partial charge is 0.387 e. The normalized spacial score (nSPS) is 21.7. The number of halogens is 2. The van der Waals surface area contributed by atoms with Gasteiger partial charge in [0, 0.05) is 25.4 Å². The molecule has 2 atom stereocenters. The largest absolute Gasteiger partial charge is 0.489 e. The Morgan fingerprint density at radius 1 is 1.25 bits per heavy atom. The molecule has 1 aromatic rings. The maximum atomic E-state index is 12.7. The summed E-state index contributed by atoms with van der Waals surface area (Å²) in [5.41, 5.74) is 0.867. The van der Waals surface area contributed by atoms with Crippen molar-refractivity contribution in [1.82, 2.24) is 4.90 Å². The van der Waals surface area contributed by atoms with Crippen molar-refractivity contribution in [1.29, 1.82) is 0 Å². The Hall–Kier alpha value is -2.38. The van der Waals surface area contributed by atoms with E-state index in [2.05, 4.69) is 4.74 Å². The SMILES string of the molecule is COC(=O)C[C@@H]1CC(c2ccc(OC(F)F)c(OCC3CC3)c2)CN1C(C)=O. The molecular weight excluding hydrogens is 372 g/mol. The highest BCUT2D eigenvalue weighted by molar-refractivity contribution is 5.76. The maximum Gasteiger partial charge on any atom is 0.387 e. The van der Waals surface area contributed by atoms with Gasteiger partial charge in [-0.3, -0.25) is 9.59 Å². The molecule has 1 aliphatic carbocycles. The minimum Gasteiger partial charge on any atom is -0.489 e.